The maximum Gasteiger partial charge on any atom is 0.321 e. The van der Waals surface area contributed by atoms with E-state index in [1.54, 1.807) is 0 Å². The summed E-state index contributed by atoms with van der Waals surface area (Å²) in [6, 6.07) is -0.496. The Kier molecular flexibility index (Phi) is 5.73. The normalized spacial score (nSPS) is 26.1. The summed E-state index contributed by atoms with van der Waals surface area (Å²) in [6.07, 6.45) is 4.07. The number of nitrogens with two attached hydrogens (primary N) is 1. The second-order valence-electron chi connectivity index (χ2n) is 4.44. The van der Waals surface area contributed by atoms with E-state index in [0.29, 0.717) is 13.0 Å². The summed E-state index contributed by atoms with van der Waals surface area (Å²) in [6.45, 7) is 1.98. The fourth-order valence-corrected chi connectivity index (χ4v) is 2.20. The maximum atomic E-state index is 10.9. The average Bonchev–Trinajstić information content (AvgIpc) is 2.59. The van der Waals surface area contributed by atoms with Crippen molar-refractivity contribution >= 4 is 5.97 Å². The molecule has 0 radical (unpaired) electrons. The Labute approximate surface area is 96.2 Å². The molecular formula is C11H22N2O3. The number of hydrogen-bond donors (Lipinski definition) is 3. The molecule has 0 aromatic carbocycles. The van der Waals surface area contributed by atoms with E-state index >= 15 is 0 Å². The number of carbonyl (C=O) groups is 1. The molecule has 0 amide bonds. The lowest BCUT2D eigenvalue weighted by molar-refractivity contribution is -0.142. The minimum atomic E-state index is -0.821. The molecule has 1 saturated heterocycles. The van der Waals surface area contributed by atoms with E-state index in [-0.39, 0.29) is 0 Å². The molecule has 16 heavy (non-hydrogen) atoms. The topological polar surface area (TPSA) is 86.8 Å². The minimum absolute atomic E-state index is 0.359. The van der Waals surface area contributed by atoms with Crippen LogP contribution in [0.5, 0.6) is 0 Å². The highest BCUT2D eigenvalue weighted by Crippen LogP contribution is 2.18. The van der Waals surface area contributed by atoms with Crippen molar-refractivity contribution in [3.05, 3.63) is 0 Å². The van der Waals surface area contributed by atoms with E-state index in [0.717, 1.165) is 38.8 Å². The Morgan fingerprint density at radius 2 is 2.00 bits per heavy atom. The van der Waals surface area contributed by atoms with Crippen molar-refractivity contribution in [2.45, 2.75) is 44.2 Å². The monoisotopic (exact) mass is 230 g/mol. The zero-order valence-corrected chi connectivity index (χ0v) is 9.64. The first-order valence-electron chi connectivity index (χ1n) is 6.00. The predicted octanol–water partition coefficient (Wildman–Crippen LogP) is 0.0253. The highest BCUT2D eigenvalue weighted by atomic mass is 16.4. The van der Waals surface area contributed by atoms with Crippen molar-refractivity contribution in [3.8, 4) is 0 Å². The van der Waals surface area contributed by atoms with E-state index in [1.807, 2.05) is 4.90 Å². The molecule has 94 valence electrons. The van der Waals surface area contributed by atoms with Gasteiger partial charge in [0, 0.05) is 13.0 Å². The number of β-amino-alcohol motifs (C(OH)–C–C–N with tert-alkyl or cyclic N) is 1. The number of aliphatic carboxylic acids is 1. The number of nitrogens with zero attached hydrogens (tertiary/aromatic N) is 1. The van der Waals surface area contributed by atoms with Crippen molar-refractivity contribution in [3.63, 3.8) is 0 Å². The number of unbranched alkanes of at least 4 members (excludes halogenated alkanes) is 3. The molecule has 0 aliphatic carbocycles. The fraction of sp³-hybridized carbons (Fsp3) is 0.909. The summed E-state index contributed by atoms with van der Waals surface area (Å²) in [5, 5.41) is 18.4. The van der Waals surface area contributed by atoms with Crippen LogP contribution in [-0.4, -0.2) is 52.9 Å². The third kappa shape index (κ3) is 4.08. The van der Waals surface area contributed by atoms with Crippen LogP contribution in [0.1, 0.15) is 32.1 Å². The van der Waals surface area contributed by atoms with Gasteiger partial charge >= 0.3 is 5.97 Å². The molecule has 2 atom stereocenters. The van der Waals surface area contributed by atoms with Gasteiger partial charge in [0.05, 0.1) is 6.10 Å². The van der Waals surface area contributed by atoms with Gasteiger partial charge in [0.2, 0.25) is 0 Å². The molecule has 0 aromatic heterocycles. The second-order valence-corrected chi connectivity index (χ2v) is 4.44. The Morgan fingerprint density at radius 1 is 1.31 bits per heavy atom. The van der Waals surface area contributed by atoms with Crippen LogP contribution < -0.4 is 5.73 Å². The first kappa shape index (κ1) is 13.4. The molecular weight excluding hydrogens is 208 g/mol. The lowest BCUT2D eigenvalue weighted by Gasteiger charge is -2.20. The third-order valence-corrected chi connectivity index (χ3v) is 3.07. The number of likely N-dealkylation sites (tertiary alicyclic amines) is 1. The molecule has 1 unspecified atom stereocenters. The van der Waals surface area contributed by atoms with Crippen LogP contribution >= 0.6 is 0 Å². The van der Waals surface area contributed by atoms with Crippen LogP contribution in [-0.2, 0) is 4.79 Å². The fourth-order valence-electron chi connectivity index (χ4n) is 2.20. The summed E-state index contributed by atoms with van der Waals surface area (Å²) in [5.41, 5.74) is 5.39. The maximum absolute atomic E-state index is 10.9. The Hall–Kier alpha value is -0.650. The first-order chi connectivity index (χ1) is 7.65. The van der Waals surface area contributed by atoms with Gasteiger partial charge in [0.1, 0.15) is 6.04 Å². The van der Waals surface area contributed by atoms with Crippen molar-refractivity contribution in [1.29, 1.82) is 0 Å². The van der Waals surface area contributed by atoms with Crippen LogP contribution in [0, 0.1) is 0 Å². The van der Waals surface area contributed by atoms with E-state index < -0.39 is 18.1 Å². The molecule has 4 N–H and O–H groups in total. The van der Waals surface area contributed by atoms with Gasteiger partial charge in [-0.1, -0.05) is 12.8 Å². The summed E-state index contributed by atoms with van der Waals surface area (Å²) < 4.78 is 0. The average molecular weight is 230 g/mol. The smallest absolute Gasteiger partial charge is 0.321 e. The standard InChI is InChI=1S/C11H22N2O3/c12-5-3-1-2-4-6-13-8-9(14)7-10(13)11(15)16/h9-10,14H,1-8,12H2,(H,15,16)/t9?,10-/m0/s1. The van der Waals surface area contributed by atoms with Crippen LogP contribution in [0.25, 0.3) is 0 Å². The SMILES string of the molecule is NCCCCCCN1CC(O)C[C@H]1C(=O)O. The molecule has 0 aromatic rings. The molecule has 5 nitrogen and oxygen atoms in total. The van der Waals surface area contributed by atoms with Crippen LogP contribution in [0.4, 0.5) is 0 Å². The molecule has 5 heteroatoms. The van der Waals surface area contributed by atoms with Gasteiger partial charge < -0.3 is 15.9 Å². The predicted molar refractivity (Wildman–Crippen MR) is 61.1 cm³/mol. The van der Waals surface area contributed by atoms with E-state index in [4.69, 9.17) is 10.8 Å². The number of aliphatic hydroxyl groups is 1. The van der Waals surface area contributed by atoms with E-state index in [9.17, 15) is 9.90 Å². The van der Waals surface area contributed by atoms with Gasteiger partial charge in [0.15, 0.2) is 0 Å². The van der Waals surface area contributed by atoms with Gasteiger partial charge in [-0.3, -0.25) is 9.69 Å². The highest BCUT2D eigenvalue weighted by Gasteiger charge is 2.35. The minimum Gasteiger partial charge on any atom is -0.480 e. The molecule has 0 spiro atoms. The lowest BCUT2D eigenvalue weighted by atomic mass is 10.1. The zero-order chi connectivity index (χ0) is 12.0. The number of hydrogen-bond acceptors (Lipinski definition) is 4. The van der Waals surface area contributed by atoms with Gasteiger partial charge in [-0.25, -0.2) is 0 Å². The number of carboxylic acids is 1. The van der Waals surface area contributed by atoms with Crippen LogP contribution in [0.3, 0.4) is 0 Å². The molecule has 0 saturated carbocycles. The number of carboxylic acid groups (broad SMARTS) is 1. The van der Waals surface area contributed by atoms with Crippen molar-refractivity contribution in [1.82, 2.24) is 4.90 Å². The number of rotatable bonds is 7. The molecule has 1 aliphatic heterocycles. The largest absolute Gasteiger partial charge is 0.480 e. The molecule has 0 bridgehead atoms. The molecule has 1 fully saturated rings. The van der Waals surface area contributed by atoms with Crippen molar-refractivity contribution in [2.24, 2.45) is 5.73 Å². The van der Waals surface area contributed by atoms with Gasteiger partial charge in [0.25, 0.3) is 0 Å². The quantitative estimate of drug-likeness (QED) is 0.537. The van der Waals surface area contributed by atoms with Gasteiger partial charge in [-0.05, 0) is 25.9 Å². The lowest BCUT2D eigenvalue weighted by Crippen LogP contribution is -2.36. The molecule has 1 heterocycles. The Morgan fingerprint density at radius 3 is 2.62 bits per heavy atom. The Bertz CT molecular complexity index is 223. The van der Waals surface area contributed by atoms with Crippen LogP contribution in [0.15, 0.2) is 0 Å². The molecule has 1 aliphatic rings. The summed E-state index contributed by atoms with van der Waals surface area (Å²) >= 11 is 0. The first-order valence-corrected chi connectivity index (χ1v) is 6.00. The summed E-state index contributed by atoms with van der Waals surface area (Å²) in [4.78, 5) is 12.8. The van der Waals surface area contributed by atoms with E-state index in [1.165, 1.54) is 0 Å². The van der Waals surface area contributed by atoms with Crippen molar-refractivity contribution < 1.29 is 15.0 Å². The Balaban J connectivity index is 2.21. The summed E-state index contributed by atoms with van der Waals surface area (Å²) in [5.74, 6) is -0.821. The summed E-state index contributed by atoms with van der Waals surface area (Å²) in [7, 11) is 0. The third-order valence-electron chi connectivity index (χ3n) is 3.07. The highest BCUT2D eigenvalue weighted by molar-refractivity contribution is 5.74. The van der Waals surface area contributed by atoms with Gasteiger partial charge in [-0.2, -0.15) is 0 Å². The molecule has 1 rings (SSSR count). The van der Waals surface area contributed by atoms with Gasteiger partial charge in [-0.15, -0.1) is 0 Å². The van der Waals surface area contributed by atoms with E-state index in [2.05, 4.69) is 0 Å². The van der Waals surface area contributed by atoms with Crippen LogP contribution in [0.2, 0.25) is 0 Å². The zero-order valence-electron chi connectivity index (χ0n) is 9.64. The van der Waals surface area contributed by atoms with Crippen molar-refractivity contribution in [2.75, 3.05) is 19.6 Å². The second kappa shape index (κ2) is 6.83. The number of aliphatic hydroxyl groups excluding tert-OH is 1.